The predicted molar refractivity (Wildman–Crippen MR) is 144 cm³/mol. The van der Waals surface area contributed by atoms with Crippen molar-refractivity contribution >= 4 is 33.2 Å². The molecule has 0 spiro atoms. The number of rotatable bonds is 8. The first-order valence-corrected chi connectivity index (χ1v) is 13.9. The fourth-order valence-electron chi connectivity index (χ4n) is 3.48. The van der Waals surface area contributed by atoms with Gasteiger partial charge in [-0.2, -0.15) is 9.46 Å². The summed E-state index contributed by atoms with van der Waals surface area (Å²) in [5, 5.41) is 7.02. The first-order chi connectivity index (χ1) is 18.1. The SMILES string of the molecule is COC(=O)CCCC[S@@](C)(=O)=NC(=O)c1cncc(C#Cc2cccc(NC(=O)c3cc(C)nn3C)c2)c1. The first kappa shape index (κ1) is 28.3. The maximum Gasteiger partial charge on any atom is 0.305 e. The van der Waals surface area contributed by atoms with Crippen LogP contribution in [0.1, 0.15) is 56.9 Å². The van der Waals surface area contributed by atoms with Crippen molar-refractivity contribution in [1.29, 1.82) is 0 Å². The average molecular weight is 536 g/mol. The van der Waals surface area contributed by atoms with E-state index in [9.17, 15) is 18.6 Å². The number of nitrogens with one attached hydrogen (secondary N) is 1. The van der Waals surface area contributed by atoms with E-state index in [2.05, 4.69) is 36.3 Å². The zero-order valence-corrected chi connectivity index (χ0v) is 22.5. The van der Waals surface area contributed by atoms with Crippen LogP contribution in [0.2, 0.25) is 0 Å². The summed E-state index contributed by atoms with van der Waals surface area (Å²) < 4.78 is 22.7. The minimum absolute atomic E-state index is 0.174. The standard InChI is InChI=1S/C27H29N5O5S/c1-19-14-24(32(2)30-19)27(35)29-23-9-7-8-20(16-23)11-12-21-15-22(18-28-17-21)26(34)31-38(4,36)13-6-5-10-25(33)37-3/h7-9,14-18H,5-6,10,13H2,1-4H3,(H,29,35)/t38-/m1/s1. The van der Waals surface area contributed by atoms with E-state index in [1.807, 2.05) is 6.92 Å². The molecule has 1 aromatic carbocycles. The fraction of sp³-hybridized carbons (Fsp3) is 0.296. The molecule has 0 radical (unpaired) electrons. The third kappa shape index (κ3) is 8.38. The van der Waals surface area contributed by atoms with Crippen molar-refractivity contribution in [3.8, 4) is 11.8 Å². The van der Waals surface area contributed by atoms with Crippen molar-refractivity contribution in [2.24, 2.45) is 11.4 Å². The molecule has 38 heavy (non-hydrogen) atoms. The van der Waals surface area contributed by atoms with Crippen LogP contribution < -0.4 is 5.32 Å². The minimum atomic E-state index is -2.77. The lowest BCUT2D eigenvalue weighted by Crippen LogP contribution is -2.16. The van der Waals surface area contributed by atoms with Gasteiger partial charge in [-0.3, -0.25) is 24.0 Å². The third-order valence-electron chi connectivity index (χ3n) is 5.35. The number of esters is 1. The maximum atomic E-state index is 12.7. The number of pyridine rings is 1. The zero-order chi connectivity index (χ0) is 27.7. The van der Waals surface area contributed by atoms with Crippen LogP contribution in [-0.4, -0.2) is 55.9 Å². The van der Waals surface area contributed by atoms with E-state index in [1.165, 1.54) is 36.5 Å². The number of amides is 2. The summed E-state index contributed by atoms with van der Waals surface area (Å²) in [7, 11) is 0.250. The average Bonchev–Trinajstić information content (AvgIpc) is 3.23. The number of unbranched alkanes of at least 4 members (excludes halogenated alkanes) is 1. The highest BCUT2D eigenvalue weighted by molar-refractivity contribution is 7.93. The van der Waals surface area contributed by atoms with E-state index in [0.717, 1.165) is 5.69 Å². The molecular formula is C27H29N5O5S. The molecule has 0 saturated heterocycles. The molecule has 11 heteroatoms. The summed E-state index contributed by atoms with van der Waals surface area (Å²) >= 11 is 0. The Hall–Kier alpha value is -4.30. The van der Waals surface area contributed by atoms with Gasteiger partial charge in [-0.1, -0.05) is 17.9 Å². The highest BCUT2D eigenvalue weighted by atomic mass is 32.2. The van der Waals surface area contributed by atoms with Crippen LogP contribution in [0, 0.1) is 18.8 Å². The molecule has 1 atom stereocenters. The van der Waals surface area contributed by atoms with Crippen LogP contribution in [0.5, 0.6) is 0 Å². The molecule has 2 aromatic heterocycles. The smallest absolute Gasteiger partial charge is 0.305 e. The Morgan fingerprint density at radius 1 is 1.11 bits per heavy atom. The summed E-state index contributed by atoms with van der Waals surface area (Å²) in [5.41, 5.74) is 3.06. The van der Waals surface area contributed by atoms with Crippen molar-refractivity contribution in [2.45, 2.75) is 26.2 Å². The van der Waals surface area contributed by atoms with Crippen LogP contribution in [0.3, 0.4) is 0 Å². The first-order valence-electron chi connectivity index (χ1n) is 11.8. The lowest BCUT2D eigenvalue weighted by Gasteiger charge is -2.05. The van der Waals surface area contributed by atoms with E-state index in [0.29, 0.717) is 35.3 Å². The maximum absolute atomic E-state index is 12.7. The largest absolute Gasteiger partial charge is 0.469 e. The van der Waals surface area contributed by atoms with Crippen LogP contribution >= 0.6 is 0 Å². The molecule has 0 aliphatic heterocycles. The number of carbonyl (C=O) groups excluding carboxylic acids is 3. The number of anilines is 1. The van der Waals surface area contributed by atoms with Gasteiger partial charge in [0, 0.05) is 54.7 Å². The summed E-state index contributed by atoms with van der Waals surface area (Å²) in [6.45, 7) is 1.81. The monoisotopic (exact) mass is 535 g/mol. The molecule has 0 aliphatic rings. The van der Waals surface area contributed by atoms with Crippen molar-refractivity contribution in [2.75, 3.05) is 24.4 Å². The van der Waals surface area contributed by atoms with Gasteiger partial charge in [0.1, 0.15) is 5.69 Å². The third-order valence-corrected chi connectivity index (χ3v) is 6.95. The summed E-state index contributed by atoms with van der Waals surface area (Å²) in [6.07, 6.45) is 5.48. The van der Waals surface area contributed by atoms with Crippen LogP contribution in [0.4, 0.5) is 5.69 Å². The zero-order valence-electron chi connectivity index (χ0n) is 21.7. The van der Waals surface area contributed by atoms with Crippen molar-refractivity contribution in [3.63, 3.8) is 0 Å². The number of ether oxygens (including phenoxy) is 1. The molecule has 3 rings (SSSR count). The number of hydrogen-bond acceptors (Lipinski definition) is 7. The van der Waals surface area contributed by atoms with Crippen molar-refractivity contribution in [3.05, 3.63) is 76.9 Å². The van der Waals surface area contributed by atoms with Gasteiger partial charge < -0.3 is 10.1 Å². The van der Waals surface area contributed by atoms with Gasteiger partial charge in [-0.05, 0) is 50.1 Å². The van der Waals surface area contributed by atoms with Gasteiger partial charge >= 0.3 is 5.97 Å². The Morgan fingerprint density at radius 3 is 2.58 bits per heavy atom. The molecule has 198 valence electrons. The number of aromatic nitrogens is 3. The quantitative estimate of drug-likeness (QED) is 0.266. The van der Waals surface area contributed by atoms with E-state index in [1.54, 1.807) is 37.4 Å². The number of hydrogen-bond donors (Lipinski definition) is 1. The summed E-state index contributed by atoms with van der Waals surface area (Å²) in [6, 6.07) is 10.3. The van der Waals surface area contributed by atoms with Gasteiger partial charge in [0.15, 0.2) is 0 Å². The van der Waals surface area contributed by atoms with Crippen LogP contribution in [-0.2, 0) is 26.3 Å². The molecule has 10 nitrogen and oxygen atoms in total. The van der Waals surface area contributed by atoms with E-state index < -0.39 is 15.6 Å². The van der Waals surface area contributed by atoms with Crippen LogP contribution in [0.15, 0.2) is 53.2 Å². The lowest BCUT2D eigenvalue weighted by atomic mass is 10.1. The Bertz CT molecular complexity index is 1540. The van der Waals surface area contributed by atoms with Gasteiger partial charge in [0.25, 0.3) is 11.8 Å². The lowest BCUT2D eigenvalue weighted by molar-refractivity contribution is -0.140. The second-order valence-electron chi connectivity index (χ2n) is 8.63. The second kappa shape index (κ2) is 12.8. The Morgan fingerprint density at radius 2 is 1.87 bits per heavy atom. The van der Waals surface area contributed by atoms with E-state index in [-0.39, 0.29) is 29.6 Å². The van der Waals surface area contributed by atoms with Crippen LogP contribution in [0.25, 0.3) is 0 Å². The Kier molecular flexibility index (Phi) is 9.51. The number of methoxy groups -OCH3 is 1. The molecule has 0 fully saturated rings. The molecule has 2 heterocycles. The molecule has 2 amide bonds. The fourth-order valence-corrected chi connectivity index (χ4v) is 4.76. The number of aryl methyl sites for hydroxylation is 2. The molecule has 3 aromatic rings. The van der Waals surface area contributed by atoms with Gasteiger partial charge in [-0.25, -0.2) is 4.21 Å². The minimum Gasteiger partial charge on any atom is -0.469 e. The van der Waals surface area contributed by atoms with Gasteiger partial charge in [0.2, 0.25) is 0 Å². The van der Waals surface area contributed by atoms with E-state index in [4.69, 9.17) is 0 Å². The summed E-state index contributed by atoms with van der Waals surface area (Å²) in [4.78, 5) is 40.4. The number of nitrogens with zero attached hydrogens (tertiary/aromatic N) is 4. The Labute approximate surface area is 222 Å². The van der Waals surface area contributed by atoms with E-state index >= 15 is 0 Å². The molecule has 0 aliphatic carbocycles. The normalized spacial score (nSPS) is 12.0. The highest BCUT2D eigenvalue weighted by Crippen LogP contribution is 2.13. The predicted octanol–water partition coefficient (Wildman–Crippen LogP) is 3.36. The summed E-state index contributed by atoms with van der Waals surface area (Å²) in [5.74, 6) is 4.88. The van der Waals surface area contributed by atoms with Crippen molar-refractivity contribution in [1.82, 2.24) is 14.8 Å². The molecule has 1 N–H and O–H groups in total. The molecule has 0 bridgehead atoms. The highest BCUT2D eigenvalue weighted by Gasteiger charge is 2.13. The molecular weight excluding hydrogens is 506 g/mol. The van der Waals surface area contributed by atoms with Gasteiger partial charge in [-0.15, -0.1) is 0 Å². The Balaban J connectivity index is 1.68. The molecule has 0 saturated carbocycles. The number of benzene rings is 1. The number of carbonyl (C=O) groups is 3. The van der Waals surface area contributed by atoms with Gasteiger partial charge in [0.05, 0.1) is 28.1 Å². The van der Waals surface area contributed by atoms with Crippen molar-refractivity contribution < 1.29 is 23.3 Å². The molecule has 0 unspecified atom stereocenters. The topological polar surface area (TPSA) is 133 Å². The second-order valence-corrected chi connectivity index (χ2v) is 11.1.